The summed E-state index contributed by atoms with van der Waals surface area (Å²) in [5.74, 6) is 0. The van der Waals surface area contributed by atoms with Crippen molar-refractivity contribution in [2.45, 2.75) is 19.8 Å². The molecule has 2 aromatic rings. The van der Waals surface area contributed by atoms with Crippen LogP contribution in [-0.2, 0) is 0 Å². The highest BCUT2D eigenvalue weighted by Crippen LogP contribution is 2.29. The Bertz CT molecular complexity index is 912. The fourth-order valence-corrected chi connectivity index (χ4v) is 3.36. The molecule has 0 aromatic heterocycles. The molecule has 0 heterocycles. The lowest BCUT2D eigenvalue weighted by molar-refractivity contribution is 0.868. The van der Waals surface area contributed by atoms with E-state index in [0.29, 0.717) is 0 Å². The normalized spacial score (nSPS) is 13.7. The molecule has 0 amide bonds. The minimum absolute atomic E-state index is 0.842. The number of nitrogens with zero attached hydrogens (tertiary/aromatic N) is 2. The molecular weight excluding hydrogens is 352 g/mol. The van der Waals surface area contributed by atoms with Gasteiger partial charge in [0.05, 0.1) is 0 Å². The van der Waals surface area contributed by atoms with E-state index in [4.69, 9.17) is 0 Å². The van der Waals surface area contributed by atoms with Crippen molar-refractivity contribution >= 4 is 17.1 Å². The smallest absolute Gasteiger partial charge is 0.0412 e. The van der Waals surface area contributed by atoms with Gasteiger partial charge in [0.15, 0.2) is 0 Å². The molecule has 2 aromatic carbocycles. The van der Waals surface area contributed by atoms with E-state index in [-0.39, 0.29) is 0 Å². The summed E-state index contributed by atoms with van der Waals surface area (Å²) in [6.45, 7) is 6.67. The second-order valence-corrected chi connectivity index (χ2v) is 7.20. The molecule has 0 bridgehead atoms. The maximum Gasteiger partial charge on any atom is 0.0412 e. The largest absolute Gasteiger partial charge is 0.345 e. The quantitative estimate of drug-likeness (QED) is 0.449. The van der Waals surface area contributed by atoms with Gasteiger partial charge >= 0.3 is 0 Å². The zero-order valence-electron chi connectivity index (χ0n) is 17.5. The number of anilines is 3. The van der Waals surface area contributed by atoms with Crippen LogP contribution in [0.3, 0.4) is 0 Å². The fourth-order valence-electron chi connectivity index (χ4n) is 3.36. The van der Waals surface area contributed by atoms with Crippen molar-refractivity contribution in [2.75, 3.05) is 23.4 Å². The number of allylic oxidation sites excluding steroid dienone is 8. The zero-order chi connectivity index (χ0) is 20.5. The molecule has 0 fully saturated rings. The first kappa shape index (κ1) is 20.5. The number of benzene rings is 2. The molecule has 0 saturated heterocycles. The van der Waals surface area contributed by atoms with Gasteiger partial charge in [0.25, 0.3) is 0 Å². The van der Waals surface area contributed by atoms with Gasteiger partial charge in [-0.25, -0.2) is 0 Å². The number of hydrogen-bond acceptors (Lipinski definition) is 2. The third-order valence-corrected chi connectivity index (χ3v) is 5.09. The van der Waals surface area contributed by atoms with Gasteiger partial charge in [-0.15, -0.1) is 0 Å². The van der Waals surface area contributed by atoms with Crippen LogP contribution in [0.15, 0.2) is 109 Å². The van der Waals surface area contributed by atoms with Crippen molar-refractivity contribution in [3.05, 3.63) is 115 Å². The summed E-state index contributed by atoms with van der Waals surface area (Å²) in [6, 6.07) is 17.5. The molecular formula is C27H30N2. The van der Waals surface area contributed by atoms with Gasteiger partial charge in [-0.3, -0.25) is 0 Å². The lowest BCUT2D eigenvalue weighted by Gasteiger charge is -2.28. The number of rotatable bonds is 8. The third-order valence-electron chi connectivity index (χ3n) is 5.09. The van der Waals surface area contributed by atoms with Crippen LogP contribution in [0.25, 0.3) is 0 Å². The highest BCUT2D eigenvalue weighted by atomic mass is 15.1. The standard InChI is InChI=1S/C27H30N2/c1-4-5-6-7-11-22-29(26-12-9-8-10-13-26)27-20-18-25(19-21-27)28(3)24-16-14-23(2)15-17-24/h4-9,11-12,14-21H,1,10,13,22H2,2-3H3/b6-5-,11-7-. The van der Waals surface area contributed by atoms with Gasteiger partial charge in [-0.1, -0.05) is 66.8 Å². The van der Waals surface area contributed by atoms with Crippen LogP contribution in [0.2, 0.25) is 0 Å². The Morgan fingerprint density at radius 1 is 0.897 bits per heavy atom. The predicted octanol–water partition coefficient (Wildman–Crippen LogP) is 7.10. The summed E-state index contributed by atoms with van der Waals surface area (Å²) in [7, 11) is 2.11. The van der Waals surface area contributed by atoms with Crippen molar-refractivity contribution in [1.29, 1.82) is 0 Å². The van der Waals surface area contributed by atoms with Gasteiger partial charge in [-0.2, -0.15) is 0 Å². The molecule has 2 nitrogen and oxygen atoms in total. The van der Waals surface area contributed by atoms with Crippen LogP contribution in [0, 0.1) is 6.92 Å². The van der Waals surface area contributed by atoms with Crippen LogP contribution < -0.4 is 9.80 Å². The molecule has 1 aliphatic rings. The Balaban J connectivity index is 1.80. The number of hydrogen-bond donors (Lipinski definition) is 0. The maximum atomic E-state index is 3.71. The summed E-state index contributed by atoms with van der Waals surface area (Å²) >= 11 is 0. The molecule has 0 spiro atoms. The van der Waals surface area contributed by atoms with Crippen LogP contribution in [0.4, 0.5) is 17.1 Å². The van der Waals surface area contributed by atoms with E-state index < -0.39 is 0 Å². The van der Waals surface area contributed by atoms with Gasteiger partial charge in [-0.05, 0) is 62.2 Å². The second kappa shape index (κ2) is 10.3. The molecule has 0 atom stereocenters. The molecule has 148 valence electrons. The first-order valence-corrected chi connectivity index (χ1v) is 10.2. The zero-order valence-corrected chi connectivity index (χ0v) is 17.5. The molecule has 29 heavy (non-hydrogen) atoms. The average Bonchev–Trinajstić information content (AvgIpc) is 2.77. The van der Waals surface area contributed by atoms with E-state index >= 15 is 0 Å². The molecule has 0 N–H and O–H groups in total. The van der Waals surface area contributed by atoms with Crippen molar-refractivity contribution < 1.29 is 0 Å². The molecule has 0 unspecified atom stereocenters. The SMILES string of the molecule is C=C/C=C\C=C/CN(C1=CC=CCC1)c1ccc(N(C)c2ccc(C)cc2)cc1. The summed E-state index contributed by atoms with van der Waals surface area (Å²) in [6.07, 6.45) is 18.8. The topological polar surface area (TPSA) is 6.48 Å². The van der Waals surface area contributed by atoms with Gasteiger partial charge in [0.1, 0.15) is 0 Å². The van der Waals surface area contributed by atoms with E-state index in [0.717, 1.165) is 19.4 Å². The van der Waals surface area contributed by atoms with E-state index in [9.17, 15) is 0 Å². The first-order valence-electron chi connectivity index (χ1n) is 10.2. The van der Waals surface area contributed by atoms with Crippen molar-refractivity contribution in [1.82, 2.24) is 0 Å². The summed E-state index contributed by atoms with van der Waals surface area (Å²) in [5, 5.41) is 0. The van der Waals surface area contributed by atoms with Crippen LogP contribution >= 0.6 is 0 Å². The van der Waals surface area contributed by atoms with Crippen molar-refractivity contribution in [2.24, 2.45) is 0 Å². The molecule has 2 heteroatoms. The van der Waals surface area contributed by atoms with E-state index in [2.05, 4.69) is 109 Å². The molecule has 3 rings (SSSR count). The Labute approximate surface area is 175 Å². The second-order valence-electron chi connectivity index (χ2n) is 7.20. The van der Waals surface area contributed by atoms with Gasteiger partial charge in [0.2, 0.25) is 0 Å². The van der Waals surface area contributed by atoms with Crippen LogP contribution in [-0.4, -0.2) is 13.6 Å². The lowest BCUT2D eigenvalue weighted by atomic mass is 10.1. The van der Waals surface area contributed by atoms with Crippen LogP contribution in [0.1, 0.15) is 18.4 Å². The predicted molar refractivity (Wildman–Crippen MR) is 128 cm³/mol. The monoisotopic (exact) mass is 382 g/mol. The van der Waals surface area contributed by atoms with E-state index in [1.54, 1.807) is 6.08 Å². The maximum absolute atomic E-state index is 3.71. The summed E-state index contributed by atoms with van der Waals surface area (Å²) in [5.41, 5.74) is 6.21. The molecule has 1 aliphatic carbocycles. The Morgan fingerprint density at radius 2 is 1.55 bits per heavy atom. The van der Waals surface area contributed by atoms with Crippen LogP contribution in [0.5, 0.6) is 0 Å². The molecule has 0 aliphatic heterocycles. The Morgan fingerprint density at radius 3 is 2.17 bits per heavy atom. The Kier molecular flexibility index (Phi) is 7.29. The summed E-state index contributed by atoms with van der Waals surface area (Å²) < 4.78 is 0. The van der Waals surface area contributed by atoms with E-state index in [1.807, 2.05) is 12.2 Å². The Hall–Kier alpha value is -3.26. The highest BCUT2D eigenvalue weighted by molar-refractivity contribution is 5.66. The molecule has 0 radical (unpaired) electrons. The van der Waals surface area contributed by atoms with Crippen molar-refractivity contribution in [3.8, 4) is 0 Å². The number of aryl methyl sites for hydroxylation is 1. The minimum Gasteiger partial charge on any atom is -0.345 e. The van der Waals surface area contributed by atoms with Crippen molar-refractivity contribution in [3.63, 3.8) is 0 Å². The molecule has 0 saturated carbocycles. The fraction of sp³-hybridized carbons (Fsp3) is 0.185. The first-order chi connectivity index (χ1) is 14.2. The summed E-state index contributed by atoms with van der Waals surface area (Å²) in [4.78, 5) is 4.60. The van der Waals surface area contributed by atoms with Gasteiger partial charge < -0.3 is 9.80 Å². The highest BCUT2D eigenvalue weighted by Gasteiger charge is 2.12. The average molecular weight is 383 g/mol. The lowest BCUT2D eigenvalue weighted by Crippen LogP contribution is -2.23. The third kappa shape index (κ3) is 5.61. The van der Waals surface area contributed by atoms with E-state index in [1.165, 1.54) is 28.3 Å². The van der Waals surface area contributed by atoms with Gasteiger partial charge in [0, 0.05) is 36.4 Å². The minimum atomic E-state index is 0.842.